The third-order valence-corrected chi connectivity index (χ3v) is 5.92. The summed E-state index contributed by atoms with van der Waals surface area (Å²) < 4.78 is 13.4. The highest BCUT2D eigenvalue weighted by Crippen LogP contribution is 2.20. The van der Waals surface area contributed by atoms with Gasteiger partial charge in [-0.05, 0) is 42.3 Å². The third-order valence-electron chi connectivity index (χ3n) is 5.55. The van der Waals surface area contributed by atoms with Gasteiger partial charge >= 0.3 is 0 Å². The first kappa shape index (κ1) is 23.6. The van der Waals surface area contributed by atoms with E-state index in [0.29, 0.717) is 24.6 Å². The quantitative estimate of drug-likeness (QED) is 0.306. The summed E-state index contributed by atoms with van der Waals surface area (Å²) in [7, 11) is 1.64. The summed E-state index contributed by atoms with van der Waals surface area (Å²) in [6.07, 6.45) is 1.72. The van der Waals surface area contributed by atoms with E-state index in [1.54, 1.807) is 13.2 Å². The minimum absolute atomic E-state index is 0.0533. The minimum Gasteiger partial charge on any atom is -0.497 e. The van der Waals surface area contributed by atoms with E-state index >= 15 is 0 Å². The molecule has 0 atom stereocenters. The van der Waals surface area contributed by atoms with Crippen molar-refractivity contribution in [2.24, 2.45) is 0 Å². The maximum atomic E-state index is 12.4. The number of fused-ring (bicyclic) bond motifs is 1. The number of carbonyl (C=O) groups is 1. The molecule has 0 aliphatic carbocycles. The van der Waals surface area contributed by atoms with Crippen LogP contribution in [0.3, 0.4) is 0 Å². The van der Waals surface area contributed by atoms with Gasteiger partial charge < -0.3 is 19.4 Å². The molecule has 3 aromatic carbocycles. The van der Waals surface area contributed by atoms with Gasteiger partial charge in [-0.25, -0.2) is 4.98 Å². The van der Waals surface area contributed by atoms with Gasteiger partial charge in [0.15, 0.2) is 0 Å². The van der Waals surface area contributed by atoms with Gasteiger partial charge in [-0.15, -0.1) is 0 Å². The Morgan fingerprint density at radius 3 is 2.68 bits per heavy atom. The van der Waals surface area contributed by atoms with Gasteiger partial charge in [0.25, 0.3) is 0 Å². The first-order valence-electron chi connectivity index (χ1n) is 11.3. The Labute approximate surface area is 204 Å². The Balaban J connectivity index is 1.34. The van der Waals surface area contributed by atoms with Gasteiger partial charge in [0.2, 0.25) is 5.91 Å². The smallest absolute Gasteiger partial charge is 0.224 e. The molecule has 0 fully saturated rings. The number of ether oxygens (including phenoxy) is 2. The number of nitrogens with one attached hydrogen (secondary N) is 1. The van der Waals surface area contributed by atoms with Crippen molar-refractivity contribution in [3.8, 4) is 11.5 Å². The Morgan fingerprint density at radius 2 is 1.82 bits per heavy atom. The fourth-order valence-corrected chi connectivity index (χ4v) is 4.06. The number of aromatic nitrogens is 2. The van der Waals surface area contributed by atoms with Crippen LogP contribution in [0.4, 0.5) is 0 Å². The number of hydrogen-bond donors (Lipinski definition) is 1. The lowest BCUT2D eigenvalue weighted by Gasteiger charge is -2.11. The van der Waals surface area contributed by atoms with E-state index < -0.39 is 0 Å². The average Bonchev–Trinajstić information content (AvgIpc) is 3.20. The van der Waals surface area contributed by atoms with E-state index in [4.69, 9.17) is 26.1 Å². The van der Waals surface area contributed by atoms with Crippen LogP contribution < -0.4 is 14.8 Å². The van der Waals surface area contributed by atoms with Crippen LogP contribution in [0.1, 0.15) is 17.8 Å². The number of benzene rings is 3. The van der Waals surface area contributed by atoms with Crippen molar-refractivity contribution in [1.82, 2.24) is 14.9 Å². The van der Waals surface area contributed by atoms with Crippen LogP contribution in [0.25, 0.3) is 11.0 Å². The number of para-hydroxylation sites is 2. The van der Waals surface area contributed by atoms with Gasteiger partial charge in [-0.3, -0.25) is 4.79 Å². The number of rotatable bonds is 11. The maximum absolute atomic E-state index is 12.4. The Bertz CT molecular complexity index is 1250. The van der Waals surface area contributed by atoms with Crippen LogP contribution in [0.2, 0.25) is 5.02 Å². The third kappa shape index (κ3) is 6.08. The zero-order chi connectivity index (χ0) is 23.8. The molecule has 34 heavy (non-hydrogen) atoms. The number of carbonyl (C=O) groups excluding carboxylic acids is 1. The SMILES string of the molecule is COc1cccc(OCCCn2c(CCNC(=O)Cc3ccccc3Cl)nc3ccccc32)c1. The molecule has 0 aliphatic rings. The number of methoxy groups -OCH3 is 1. The van der Waals surface area contributed by atoms with E-state index in [0.717, 1.165) is 46.9 Å². The minimum atomic E-state index is -0.0533. The lowest BCUT2D eigenvalue weighted by Crippen LogP contribution is -2.28. The molecule has 1 amide bonds. The number of halogens is 1. The summed E-state index contributed by atoms with van der Waals surface area (Å²) in [6, 6.07) is 23.1. The predicted octanol–water partition coefficient (Wildman–Crippen LogP) is 5.07. The molecule has 0 aliphatic heterocycles. The van der Waals surface area contributed by atoms with Crippen molar-refractivity contribution in [3.05, 3.63) is 89.2 Å². The van der Waals surface area contributed by atoms with Gasteiger partial charge in [-0.1, -0.05) is 48.0 Å². The number of hydrogen-bond acceptors (Lipinski definition) is 4. The number of nitrogens with zero attached hydrogens (tertiary/aromatic N) is 2. The topological polar surface area (TPSA) is 65.4 Å². The van der Waals surface area contributed by atoms with Gasteiger partial charge in [0.1, 0.15) is 17.3 Å². The summed E-state index contributed by atoms with van der Waals surface area (Å²) in [5.74, 6) is 2.45. The molecule has 4 rings (SSSR count). The number of imidazole rings is 1. The fourth-order valence-electron chi connectivity index (χ4n) is 3.86. The standard InChI is InChI=1S/C27H28ClN3O3/c1-33-21-9-6-10-22(19-21)34-17-7-16-31-25-13-5-4-12-24(25)30-26(31)14-15-29-27(32)18-20-8-2-3-11-23(20)28/h2-6,8-13,19H,7,14-18H2,1H3,(H,29,32). The second-order valence-electron chi connectivity index (χ2n) is 7.92. The van der Waals surface area contributed by atoms with E-state index in [9.17, 15) is 4.79 Å². The van der Waals surface area contributed by atoms with Crippen molar-refractivity contribution < 1.29 is 14.3 Å². The van der Waals surface area contributed by atoms with E-state index in [1.807, 2.05) is 60.7 Å². The Kier molecular flexibility index (Phi) is 8.04. The molecule has 0 radical (unpaired) electrons. The van der Waals surface area contributed by atoms with Crippen molar-refractivity contribution in [3.63, 3.8) is 0 Å². The van der Waals surface area contributed by atoms with Crippen LogP contribution in [0, 0.1) is 0 Å². The zero-order valence-corrected chi connectivity index (χ0v) is 19.9. The van der Waals surface area contributed by atoms with Crippen LogP contribution in [-0.4, -0.2) is 35.7 Å². The van der Waals surface area contributed by atoms with Crippen molar-refractivity contribution in [1.29, 1.82) is 0 Å². The van der Waals surface area contributed by atoms with Crippen LogP contribution in [0.15, 0.2) is 72.8 Å². The molecule has 0 bridgehead atoms. The summed E-state index contributed by atoms with van der Waals surface area (Å²) in [4.78, 5) is 17.2. The predicted molar refractivity (Wildman–Crippen MR) is 135 cm³/mol. The fraction of sp³-hybridized carbons (Fsp3) is 0.259. The maximum Gasteiger partial charge on any atom is 0.224 e. The molecule has 7 heteroatoms. The first-order chi connectivity index (χ1) is 16.6. The van der Waals surface area contributed by atoms with E-state index in [1.165, 1.54) is 0 Å². The molecule has 0 saturated heterocycles. The van der Waals surface area contributed by atoms with Gasteiger partial charge in [0, 0.05) is 30.6 Å². The highest BCUT2D eigenvalue weighted by atomic mass is 35.5. The van der Waals surface area contributed by atoms with Crippen LogP contribution >= 0.6 is 11.6 Å². The largest absolute Gasteiger partial charge is 0.497 e. The molecule has 0 unspecified atom stereocenters. The molecule has 4 aromatic rings. The summed E-state index contributed by atoms with van der Waals surface area (Å²) in [5.41, 5.74) is 2.86. The monoisotopic (exact) mass is 477 g/mol. The molecule has 0 spiro atoms. The first-order valence-corrected chi connectivity index (χ1v) is 11.7. The molecule has 0 saturated carbocycles. The lowest BCUT2D eigenvalue weighted by atomic mass is 10.1. The number of amides is 1. The Morgan fingerprint density at radius 1 is 1.03 bits per heavy atom. The molecule has 1 N–H and O–H groups in total. The van der Waals surface area contributed by atoms with Crippen molar-refractivity contribution in [2.45, 2.75) is 25.8 Å². The molecule has 6 nitrogen and oxygen atoms in total. The highest BCUT2D eigenvalue weighted by molar-refractivity contribution is 6.31. The molecule has 1 aromatic heterocycles. The summed E-state index contributed by atoms with van der Waals surface area (Å²) >= 11 is 6.17. The number of aryl methyl sites for hydroxylation is 1. The molecule has 1 heterocycles. The van der Waals surface area contributed by atoms with Crippen LogP contribution in [0.5, 0.6) is 11.5 Å². The summed E-state index contributed by atoms with van der Waals surface area (Å²) in [5, 5.41) is 3.60. The summed E-state index contributed by atoms with van der Waals surface area (Å²) in [6.45, 7) is 1.86. The van der Waals surface area contributed by atoms with Gasteiger partial charge in [-0.2, -0.15) is 0 Å². The van der Waals surface area contributed by atoms with E-state index in [2.05, 4.69) is 16.0 Å². The average molecular weight is 478 g/mol. The molecule has 176 valence electrons. The highest BCUT2D eigenvalue weighted by Gasteiger charge is 2.12. The zero-order valence-electron chi connectivity index (χ0n) is 19.2. The normalized spacial score (nSPS) is 10.9. The second kappa shape index (κ2) is 11.6. The second-order valence-corrected chi connectivity index (χ2v) is 8.32. The Hall–Kier alpha value is -3.51. The molecular formula is C27H28ClN3O3. The van der Waals surface area contributed by atoms with E-state index in [-0.39, 0.29) is 12.3 Å². The van der Waals surface area contributed by atoms with Crippen molar-refractivity contribution in [2.75, 3.05) is 20.3 Å². The lowest BCUT2D eigenvalue weighted by molar-refractivity contribution is -0.120. The molecular weight excluding hydrogens is 450 g/mol. The van der Waals surface area contributed by atoms with Crippen molar-refractivity contribution >= 4 is 28.5 Å². The van der Waals surface area contributed by atoms with Gasteiger partial charge in [0.05, 0.1) is 31.2 Å². The van der Waals surface area contributed by atoms with Crippen LogP contribution in [-0.2, 0) is 24.2 Å².